The quantitative estimate of drug-likeness (QED) is 0.925. The summed E-state index contributed by atoms with van der Waals surface area (Å²) in [6.45, 7) is 4.26. The number of halogens is 1. The maximum atomic E-state index is 13.7. The van der Waals surface area contributed by atoms with Crippen LogP contribution >= 0.6 is 0 Å². The molecule has 0 unspecified atom stereocenters. The van der Waals surface area contributed by atoms with E-state index in [0.29, 0.717) is 5.92 Å². The molecule has 1 aromatic carbocycles. The van der Waals surface area contributed by atoms with Crippen LogP contribution < -0.4 is 5.32 Å². The number of amides is 1. The van der Waals surface area contributed by atoms with Gasteiger partial charge in [-0.15, -0.1) is 0 Å². The second kappa shape index (κ2) is 7.19. The van der Waals surface area contributed by atoms with Gasteiger partial charge in [-0.3, -0.25) is 9.69 Å². The summed E-state index contributed by atoms with van der Waals surface area (Å²) in [4.78, 5) is 14.1. The number of hydrogen-bond donors (Lipinski definition) is 1. The fraction of sp³-hybridized carbons (Fsp3) is 0.500. The van der Waals surface area contributed by atoms with Crippen molar-refractivity contribution in [2.75, 3.05) is 19.6 Å². The van der Waals surface area contributed by atoms with Crippen molar-refractivity contribution >= 4 is 5.91 Å². The SMILES string of the molecule is CC1CCN(CC(=O)N[C@H](C#N)c2ccccc2F)CC1. The number of carbonyl (C=O) groups is 1. The number of rotatable bonds is 4. The van der Waals surface area contributed by atoms with Crippen LogP contribution in [0.15, 0.2) is 24.3 Å². The lowest BCUT2D eigenvalue weighted by atomic mass is 9.99. The summed E-state index contributed by atoms with van der Waals surface area (Å²) in [6, 6.07) is 7.02. The molecular weight excluding hydrogens is 269 g/mol. The van der Waals surface area contributed by atoms with Crippen LogP contribution in [-0.4, -0.2) is 30.4 Å². The molecule has 1 heterocycles. The van der Waals surface area contributed by atoms with Gasteiger partial charge in [0.1, 0.15) is 11.9 Å². The lowest BCUT2D eigenvalue weighted by Crippen LogP contribution is -2.42. The Labute approximate surface area is 124 Å². The zero-order chi connectivity index (χ0) is 15.2. The topological polar surface area (TPSA) is 56.1 Å². The summed E-state index contributed by atoms with van der Waals surface area (Å²) >= 11 is 0. The number of nitrogens with one attached hydrogen (secondary N) is 1. The van der Waals surface area contributed by atoms with Crippen molar-refractivity contribution < 1.29 is 9.18 Å². The molecule has 21 heavy (non-hydrogen) atoms. The molecule has 112 valence electrons. The van der Waals surface area contributed by atoms with Gasteiger partial charge in [-0.2, -0.15) is 5.26 Å². The molecule has 1 amide bonds. The van der Waals surface area contributed by atoms with E-state index in [4.69, 9.17) is 5.26 Å². The first-order valence-corrected chi connectivity index (χ1v) is 7.26. The van der Waals surface area contributed by atoms with Gasteiger partial charge in [0.05, 0.1) is 12.6 Å². The molecule has 1 aliphatic heterocycles. The number of likely N-dealkylation sites (tertiary alicyclic amines) is 1. The van der Waals surface area contributed by atoms with Gasteiger partial charge in [0, 0.05) is 5.56 Å². The number of carbonyl (C=O) groups excluding carboxylic acids is 1. The number of nitriles is 1. The molecule has 1 atom stereocenters. The van der Waals surface area contributed by atoms with Crippen molar-refractivity contribution in [1.29, 1.82) is 5.26 Å². The predicted molar refractivity (Wildman–Crippen MR) is 77.7 cm³/mol. The molecule has 0 aromatic heterocycles. The third-order valence-corrected chi connectivity index (χ3v) is 3.89. The summed E-state index contributed by atoms with van der Waals surface area (Å²) in [6.07, 6.45) is 2.17. The van der Waals surface area contributed by atoms with Gasteiger partial charge in [0.2, 0.25) is 5.91 Å². The van der Waals surface area contributed by atoms with Crippen LogP contribution in [0.1, 0.15) is 31.4 Å². The molecule has 1 saturated heterocycles. The zero-order valence-electron chi connectivity index (χ0n) is 12.2. The van der Waals surface area contributed by atoms with Gasteiger partial charge >= 0.3 is 0 Å². The Morgan fingerprint density at radius 1 is 1.48 bits per heavy atom. The van der Waals surface area contributed by atoms with Crippen molar-refractivity contribution in [3.8, 4) is 6.07 Å². The van der Waals surface area contributed by atoms with E-state index < -0.39 is 11.9 Å². The Hall–Kier alpha value is -1.93. The number of hydrogen-bond acceptors (Lipinski definition) is 3. The Bertz CT molecular complexity index is 533. The molecule has 1 aliphatic rings. The molecule has 1 N–H and O–H groups in total. The summed E-state index contributed by atoms with van der Waals surface area (Å²) in [5, 5.41) is 11.7. The third kappa shape index (κ3) is 4.27. The van der Waals surface area contributed by atoms with E-state index in [1.165, 1.54) is 12.1 Å². The maximum Gasteiger partial charge on any atom is 0.235 e. The van der Waals surface area contributed by atoms with E-state index in [-0.39, 0.29) is 18.0 Å². The van der Waals surface area contributed by atoms with Crippen molar-refractivity contribution in [1.82, 2.24) is 10.2 Å². The Morgan fingerprint density at radius 2 is 2.14 bits per heavy atom. The van der Waals surface area contributed by atoms with Crippen molar-refractivity contribution in [2.24, 2.45) is 5.92 Å². The minimum absolute atomic E-state index is 0.209. The van der Waals surface area contributed by atoms with Gasteiger partial charge in [-0.05, 0) is 37.9 Å². The average molecular weight is 289 g/mol. The highest BCUT2D eigenvalue weighted by Crippen LogP contribution is 2.17. The number of benzene rings is 1. The summed E-state index contributed by atoms with van der Waals surface area (Å²) in [5.41, 5.74) is 0.209. The molecule has 2 rings (SSSR count). The molecule has 0 saturated carbocycles. The van der Waals surface area contributed by atoms with Crippen molar-refractivity contribution in [3.63, 3.8) is 0 Å². The highest BCUT2D eigenvalue weighted by molar-refractivity contribution is 5.79. The van der Waals surface area contributed by atoms with Crippen LogP contribution in [0.4, 0.5) is 4.39 Å². The highest BCUT2D eigenvalue weighted by atomic mass is 19.1. The lowest BCUT2D eigenvalue weighted by molar-refractivity contribution is -0.123. The number of piperidine rings is 1. The van der Waals surface area contributed by atoms with Gasteiger partial charge < -0.3 is 5.32 Å². The van der Waals surface area contributed by atoms with Crippen LogP contribution in [0.2, 0.25) is 0 Å². The monoisotopic (exact) mass is 289 g/mol. The first-order chi connectivity index (χ1) is 10.1. The van der Waals surface area contributed by atoms with E-state index in [1.54, 1.807) is 12.1 Å². The average Bonchev–Trinajstić information content (AvgIpc) is 2.48. The van der Waals surface area contributed by atoms with Crippen LogP contribution in [0, 0.1) is 23.1 Å². The molecule has 0 bridgehead atoms. The van der Waals surface area contributed by atoms with E-state index in [1.807, 2.05) is 6.07 Å². The molecule has 1 aromatic rings. The molecule has 0 radical (unpaired) electrons. The fourth-order valence-electron chi connectivity index (χ4n) is 2.52. The molecule has 4 nitrogen and oxygen atoms in total. The van der Waals surface area contributed by atoms with Crippen molar-refractivity contribution in [2.45, 2.75) is 25.8 Å². The fourth-order valence-corrected chi connectivity index (χ4v) is 2.52. The largest absolute Gasteiger partial charge is 0.335 e. The Kier molecular flexibility index (Phi) is 5.29. The molecule has 1 fully saturated rings. The third-order valence-electron chi connectivity index (χ3n) is 3.89. The second-order valence-electron chi connectivity index (χ2n) is 5.61. The minimum atomic E-state index is -0.942. The Balaban J connectivity index is 1.92. The highest BCUT2D eigenvalue weighted by Gasteiger charge is 2.21. The van der Waals surface area contributed by atoms with Crippen LogP contribution in [0.5, 0.6) is 0 Å². The molecule has 0 spiro atoms. The number of nitrogens with zero attached hydrogens (tertiary/aromatic N) is 2. The second-order valence-corrected chi connectivity index (χ2v) is 5.61. The van der Waals surface area contributed by atoms with Gasteiger partial charge in [0.25, 0.3) is 0 Å². The van der Waals surface area contributed by atoms with Crippen LogP contribution in [0.25, 0.3) is 0 Å². The van der Waals surface area contributed by atoms with E-state index in [0.717, 1.165) is 25.9 Å². The van der Waals surface area contributed by atoms with E-state index in [2.05, 4.69) is 17.1 Å². The first-order valence-electron chi connectivity index (χ1n) is 7.26. The van der Waals surface area contributed by atoms with Gasteiger partial charge in [-0.1, -0.05) is 25.1 Å². The summed E-state index contributed by atoms with van der Waals surface area (Å²) in [7, 11) is 0. The molecular formula is C16H20FN3O. The summed E-state index contributed by atoms with van der Waals surface area (Å²) in [5.74, 6) is -0.00918. The van der Waals surface area contributed by atoms with Crippen molar-refractivity contribution in [3.05, 3.63) is 35.6 Å². The van der Waals surface area contributed by atoms with E-state index >= 15 is 0 Å². The Morgan fingerprint density at radius 3 is 2.76 bits per heavy atom. The molecule has 5 heteroatoms. The van der Waals surface area contributed by atoms with Gasteiger partial charge in [0.15, 0.2) is 0 Å². The normalized spacial score (nSPS) is 18.0. The maximum absolute atomic E-state index is 13.7. The summed E-state index contributed by atoms with van der Waals surface area (Å²) < 4.78 is 13.7. The minimum Gasteiger partial charge on any atom is -0.335 e. The standard InChI is InChI=1S/C16H20FN3O/c1-12-6-8-20(9-7-12)11-16(21)19-15(10-18)13-4-2-3-5-14(13)17/h2-5,12,15H,6-9,11H2,1H3,(H,19,21)/t15-/m1/s1. The van der Waals surface area contributed by atoms with Crippen LogP contribution in [-0.2, 0) is 4.79 Å². The predicted octanol–water partition coefficient (Wildman–Crippen LogP) is 2.24. The first kappa shape index (κ1) is 15.5. The lowest BCUT2D eigenvalue weighted by Gasteiger charge is -2.29. The van der Waals surface area contributed by atoms with Gasteiger partial charge in [-0.25, -0.2) is 4.39 Å². The smallest absolute Gasteiger partial charge is 0.235 e. The zero-order valence-corrected chi connectivity index (χ0v) is 12.2. The van der Waals surface area contributed by atoms with Crippen LogP contribution in [0.3, 0.4) is 0 Å². The van der Waals surface area contributed by atoms with E-state index in [9.17, 15) is 9.18 Å². The molecule has 0 aliphatic carbocycles.